The molecule has 0 bridgehead atoms. The average molecular weight is 271 g/mol. The van der Waals surface area contributed by atoms with Crippen molar-refractivity contribution >= 4 is 23.4 Å². The maximum atomic E-state index is 11.4. The summed E-state index contributed by atoms with van der Waals surface area (Å²) >= 11 is 5.72. The Morgan fingerprint density at radius 3 is 2.33 bits per heavy atom. The van der Waals surface area contributed by atoms with E-state index in [-0.39, 0.29) is 19.7 Å². The fourth-order valence-corrected chi connectivity index (χ4v) is 1.35. The lowest BCUT2D eigenvalue weighted by atomic mass is 10.2. The van der Waals surface area contributed by atoms with Crippen molar-refractivity contribution in [1.82, 2.24) is 10.6 Å². The van der Waals surface area contributed by atoms with Gasteiger partial charge in [0, 0.05) is 24.7 Å². The number of hydrogen-bond acceptors (Lipinski definition) is 3. The second kappa shape index (κ2) is 7.68. The number of amides is 2. The number of hydrogen-bond donors (Lipinski definition) is 3. The molecular weight excluding hydrogens is 256 g/mol. The summed E-state index contributed by atoms with van der Waals surface area (Å²) in [5.41, 5.74) is 0.857. The minimum Gasteiger partial charge on any atom is -0.396 e. The molecule has 0 fully saturated rings. The van der Waals surface area contributed by atoms with Gasteiger partial charge in [-0.1, -0.05) is 23.7 Å². The number of benzene rings is 1. The number of aliphatic hydroxyl groups is 1. The number of rotatable bonds is 5. The first-order chi connectivity index (χ1) is 8.63. The van der Waals surface area contributed by atoms with Gasteiger partial charge < -0.3 is 15.7 Å². The highest BCUT2D eigenvalue weighted by atomic mass is 35.5. The molecule has 6 heteroatoms. The molecule has 1 aromatic rings. The zero-order valence-corrected chi connectivity index (χ0v) is 10.5. The molecule has 0 heterocycles. The van der Waals surface area contributed by atoms with Crippen LogP contribution in [0, 0.1) is 0 Å². The number of nitrogens with one attached hydrogen (secondary N) is 2. The zero-order chi connectivity index (χ0) is 13.4. The van der Waals surface area contributed by atoms with Gasteiger partial charge in [-0.05, 0) is 24.1 Å². The van der Waals surface area contributed by atoms with Crippen molar-refractivity contribution in [3.05, 3.63) is 34.9 Å². The minimum absolute atomic E-state index is 0.0212. The molecule has 0 aliphatic carbocycles. The molecule has 18 heavy (non-hydrogen) atoms. The molecule has 1 aromatic carbocycles. The van der Waals surface area contributed by atoms with Crippen LogP contribution < -0.4 is 10.6 Å². The quantitative estimate of drug-likeness (QED) is 0.537. The van der Waals surface area contributed by atoms with Crippen molar-refractivity contribution in [2.45, 2.75) is 13.0 Å². The van der Waals surface area contributed by atoms with E-state index in [2.05, 4.69) is 10.6 Å². The first kappa shape index (κ1) is 14.5. The second-order valence-electron chi connectivity index (χ2n) is 3.64. The Hall–Kier alpha value is -1.59. The Labute approximate surface area is 110 Å². The third-order valence-electron chi connectivity index (χ3n) is 2.19. The predicted octanol–water partition coefficient (Wildman–Crippen LogP) is 0.455. The Morgan fingerprint density at radius 2 is 1.72 bits per heavy atom. The van der Waals surface area contributed by atoms with Crippen LogP contribution in [0.1, 0.15) is 12.0 Å². The molecule has 0 aliphatic heterocycles. The normalized spacial score (nSPS) is 9.89. The third-order valence-corrected chi connectivity index (χ3v) is 2.44. The predicted molar refractivity (Wildman–Crippen MR) is 68.0 cm³/mol. The summed E-state index contributed by atoms with van der Waals surface area (Å²) in [5, 5.41) is 14.0. The molecule has 0 unspecified atom stereocenters. The first-order valence-corrected chi connectivity index (χ1v) is 5.92. The third kappa shape index (κ3) is 5.16. The molecule has 98 valence electrons. The summed E-state index contributed by atoms with van der Waals surface area (Å²) in [6.07, 6.45) is 0.427. The van der Waals surface area contributed by atoms with E-state index in [9.17, 15) is 9.59 Å². The molecule has 0 spiro atoms. The van der Waals surface area contributed by atoms with Gasteiger partial charge in [-0.25, -0.2) is 0 Å². The summed E-state index contributed by atoms with van der Waals surface area (Å²) in [4.78, 5) is 22.6. The highest BCUT2D eigenvalue weighted by Crippen LogP contribution is 2.08. The molecule has 5 nitrogen and oxygen atoms in total. The van der Waals surface area contributed by atoms with Crippen molar-refractivity contribution < 1.29 is 14.7 Å². The van der Waals surface area contributed by atoms with Crippen LogP contribution in [0.4, 0.5) is 0 Å². The Bertz CT molecular complexity index is 406. The standard InChI is InChI=1S/C12H15ClN2O3/c13-10-4-2-9(3-5-10)8-15-12(18)11(17)14-6-1-7-16/h2-5,16H,1,6-8H2,(H,14,17)(H,15,18). The average Bonchev–Trinajstić information content (AvgIpc) is 2.38. The van der Waals surface area contributed by atoms with Crippen LogP contribution in [0.3, 0.4) is 0 Å². The van der Waals surface area contributed by atoms with Gasteiger partial charge in [-0.15, -0.1) is 0 Å². The summed E-state index contributed by atoms with van der Waals surface area (Å²) in [7, 11) is 0. The molecule has 0 saturated carbocycles. The van der Waals surface area contributed by atoms with Crippen molar-refractivity contribution in [3.8, 4) is 0 Å². The highest BCUT2D eigenvalue weighted by molar-refractivity contribution is 6.35. The van der Waals surface area contributed by atoms with Crippen molar-refractivity contribution in [1.29, 1.82) is 0 Å². The Morgan fingerprint density at radius 1 is 1.11 bits per heavy atom. The number of carbonyl (C=O) groups excluding carboxylic acids is 2. The molecule has 0 atom stereocenters. The smallest absolute Gasteiger partial charge is 0.309 e. The molecule has 0 radical (unpaired) electrons. The highest BCUT2D eigenvalue weighted by Gasteiger charge is 2.11. The van der Waals surface area contributed by atoms with Gasteiger partial charge in [0.2, 0.25) is 0 Å². The molecule has 2 amide bonds. The van der Waals surface area contributed by atoms with Gasteiger partial charge in [0.25, 0.3) is 0 Å². The van der Waals surface area contributed by atoms with E-state index >= 15 is 0 Å². The van der Waals surface area contributed by atoms with E-state index in [4.69, 9.17) is 16.7 Å². The lowest BCUT2D eigenvalue weighted by molar-refractivity contribution is -0.139. The van der Waals surface area contributed by atoms with Gasteiger partial charge in [0.15, 0.2) is 0 Å². The van der Waals surface area contributed by atoms with Crippen LogP contribution >= 0.6 is 11.6 Å². The van der Waals surface area contributed by atoms with E-state index in [1.54, 1.807) is 24.3 Å². The van der Waals surface area contributed by atoms with E-state index in [1.165, 1.54) is 0 Å². The molecule has 0 aromatic heterocycles. The number of aliphatic hydroxyl groups excluding tert-OH is 1. The summed E-state index contributed by atoms with van der Waals surface area (Å²) in [6.45, 7) is 0.528. The lowest BCUT2D eigenvalue weighted by Gasteiger charge is -2.06. The van der Waals surface area contributed by atoms with E-state index in [1.807, 2.05) is 0 Å². The van der Waals surface area contributed by atoms with Crippen molar-refractivity contribution in [3.63, 3.8) is 0 Å². The van der Waals surface area contributed by atoms with Gasteiger partial charge in [0.1, 0.15) is 0 Å². The monoisotopic (exact) mass is 270 g/mol. The van der Waals surface area contributed by atoms with Crippen molar-refractivity contribution in [2.24, 2.45) is 0 Å². The van der Waals surface area contributed by atoms with E-state index < -0.39 is 11.8 Å². The van der Waals surface area contributed by atoms with E-state index in [0.29, 0.717) is 11.4 Å². The van der Waals surface area contributed by atoms with Crippen LogP contribution in [0.5, 0.6) is 0 Å². The van der Waals surface area contributed by atoms with Crippen LogP contribution in [0.15, 0.2) is 24.3 Å². The van der Waals surface area contributed by atoms with Crippen LogP contribution in [-0.2, 0) is 16.1 Å². The topological polar surface area (TPSA) is 78.4 Å². The van der Waals surface area contributed by atoms with Gasteiger partial charge in [-0.2, -0.15) is 0 Å². The number of carbonyl (C=O) groups is 2. The maximum Gasteiger partial charge on any atom is 0.309 e. The Balaban J connectivity index is 2.32. The zero-order valence-electron chi connectivity index (χ0n) is 9.78. The van der Waals surface area contributed by atoms with Gasteiger partial charge >= 0.3 is 11.8 Å². The van der Waals surface area contributed by atoms with Crippen LogP contribution in [-0.4, -0.2) is 30.1 Å². The van der Waals surface area contributed by atoms with Crippen LogP contribution in [0.25, 0.3) is 0 Å². The largest absolute Gasteiger partial charge is 0.396 e. The van der Waals surface area contributed by atoms with Crippen LogP contribution in [0.2, 0.25) is 5.02 Å². The van der Waals surface area contributed by atoms with Gasteiger partial charge in [0.05, 0.1) is 0 Å². The SMILES string of the molecule is O=C(NCCCO)C(=O)NCc1ccc(Cl)cc1. The molecule has 1 rings (SSSR count). The fraction of sp³-hybridized carbons (Fsp3) is 0.333. The number of halogens is 1. The summed E-state index contributed by atoms with van der Waals surface area (Å²) in [6, 6.07) is 6.97. The van der Waals surface area contributed by atoms with Crippen molar-refractivity contribution in [2.75, 3.05) is 13.2 Å². The van der Waals surface area contributed by atoms with Gasteiger partial charge in [-0.3, -0.25) is 9.59 Å². The molecule has 0 aliphatic rings. The fourth-order valence-electron chi connectivity index (χ4n) is 1.23. The summed E-state index contributed by atoms with van der Waals surface area (Å²) in [5.74, 6) is -1.39. The first-order valence-electron chi connectivity index (χ1n) is 5.55. The minimum atomic E-state index is -0.697. The second-order valence-corrected chi connectivity index (χ2v) is 4.08. The Kier molecular flexibility index (Phi) is 6.18. The summed E-state index contributed by atoms with van der Waals surface area (Å²) < 4.78 is 0. The molecule has 0 saturated heterocycles. The van der Waals surface area contributed by atoms with E-state index in [0.717, 1.165) is 5.56 Å². The molecule has 3 N–H and O–H groups in total. The lowest BCUT2D eigenvalue weighted by Crippen LogP contribution is -2.40. The maximum absolute atomic E-state index is 11.4. The molecular formula is C12H15ClN2O3.